The van der Waals surface area contributed by atoms with Crippen LogP contribution in [0.2, 0.25) is 5.02 Å². The molecule has 0 fully saturated rings. The molecule has 0 aromatic heterocycles. The first-order chi connectivity index (χ1) is 13.4. The standard InChI is InChI=1S/C17H14ClFN2O7S/c1-9(16(22)20-13-5-4-11(19)8-12(13)18)28-17(23)10-3-6-15(29(2,26)27)14(7-10)21(24)25/h3-9H,1-2H3,(H,20,22)/t9-/m0/s1. The lowest BCUT2D eigenvalue weighted by Gasteiger charge is -2.14. The van der Waals surface area contributed by atoms with Crippen LogP contribution in [-0.2, 0) is 19.4 Å². The monoisotopic (exact) mass is 444 g/mol. The second-order valence-corrected chi connectivity index (χ2v) is 8.26. The Kier molecular flexibility index (Phi) is 6.55. The molecule has 154 valence electrons. The Morgan fingerprint density at radius 2 is 1.90 bits per heavy atom. The molecule has 0 heterocycles. The van der Waals surface area contributed by atoms with Crippen LogP contribution in [0, 0.1) is 15.9 Å². The Balaban J connectivity index is 2.17. The Bertz CT molecular complexity index is 1100. The third-order valence-corrected chi connectivity index (χ3v) is 5.09. The van der Waals surface area contributed by atoms with Gasteiger partial charge in [0.05, 0.1) is 21.2 Å². The number of nitro groups is 1. The molecule has 0 bridgehead atoms. The Morgan fingerprint density at radius 3 is 2.45 bits per heavy atom. The van der Waals surface area contributed by atoms with Gasteiger partial charge in [0.25, 0.3) is 11.6 Å². The minimum atomic E-state index is -3.90. The molecule has 1 N–H and O–H groups in total. The number of halogens is 2. The summed E-state index contributed by atoms with van der Waals surface area (Å²) in [7, 11) is -3.90. The summed E-state index contributed by atoms with van der Waals surface area (Å²) in [5.74, 6) is -2.47. The van der Waals surface area contributed by atoms with Gasteiger partial charge in [-0.2, -0.15) is 0 Å². The molecule has 1 atom stereocenters. The molecule has 2 aromatic carbocycles. The van der Waals surface area contributed by atoms with Gasteiger partial charge >= 0.3 is 5.97 Å². The van der Waals surface area contributed by atoms with E-state index in [0.717, 1.165) is 36.6 Å². The fourth-order valence-electron chi connectivity index (χ4n) is 2.21. The number of ether oxygens (including phenoxy) is 1. The molecule has 0 radical (unpaired) electrons. The number of hydrogen-bond acceptors (Lipinski definition) is 7. The van der Waals surface area contributed by atoms with Gasteiger partial charge in [0.1, 0.15) is 10.7 Å². The number of esters is 1. The zero-order valence-electron chi connectivity index (χ0n) is 15.0. The number of carbonyl (C=O) groups excluding carboxylic acids is 2. The molecule has 0 spiro atoms. The van der Waals surface area contributed by atoms with E-state index in [1.165, 1.54) is 13.0 Å². The highest BCUT2D eigenvalue weighted by Crippen LogP contribution is 2.26. The zero-order valence-corrected chi connectivity index (χ0v) is 16.6. The number of nitro benzene ring substituents is 1. The summed E-state index contributed by atoms with van der Waals surface area (Å²) in [5, 5.41) is 13.4. The summed E-state index contributed by atoms with van der Waals surface area (Å²) in [5.41, 5.74) is -1.02. The van der Waals surface area contributed by atoms with E-state index in [2.05, 4.69) is 5.32 Å². The van der Waals surface area contributed by atoms with Crippen LogP contribution in [0.3, 0.4) is 0 Å². The largest absolute Gasteiger partial charge is 0.449 e. The number of anilines is 1. The predicted molar refractivity (Wildman–Crippen MR) is 101 cm³/mol. The maximum Gasteiger partial charge on any atom is 0.339 e. The number of sulfone groups is 1. The van der Waals surface area contributed by atoms with Crippen molar-refractivity contribution >= 4 is 44.7 Å². The summed E-state index contributed by atoms with van der Waals surface area (Å²) in [6.07, 6.45) is -0.544. The van der Waals surface area contributed by atoms with Gasteiger partial charge < -0.3 is 10.1 Å². The number of amides is 1. The highest BCUT2D eigenvalue weighted by atomic mass is 35.5. The van der Waals surface area contributed by atoms with Gasteiger partial charge in [0.2, 0.25) is 0 Å². The topological polar surface area (TPSA) is 133 Å². The molecule has 1 amide bonds. The fourth-order valence-corrected chi connectivity index (χ4v) is 3.25. The quantitative estimate of drug-likeness (QED) is 0.411. The number of nitrogens with zero attached hydrogens (tertiary/aromatic N) is 1. The highest BCUT2D eigenvalue weighted by Gasteiger charge is 2.26. The van der Waals surface area contributed by atoms with E-state index in [0.29, 0.717) is 0 Å². The molecule has 0 saturated heterocycles. The van der Waals surface area contributed by atoms with Crippen molar-refractivity contribution in [3.63, 3.8) is 0 Å². The SMILES string of the molecule is C[C@H](OC(=O)c1ccc(S(C)(=O)=O)c([N+](=O)[O-])c1)C(=O)Nc1ccc(F)cc1Cl. The summed E-state index contributed by atoms with van der Waals surface area (Å²) >= 11 is 5.80. The fraction of sp³-hybridized carbons (Fsp3) is 0.176. The van der Waals surface area contributed by atoms with Crippen molar-refractivity contribution < 1.29 is 32.1 Å². The first-order valence-corrected chi connectivity index (χ1v) is 10.1. The summed E-state index contributed by atoms with van der Waals surface area (Å²) in [6, 6.07) is 5.97. The molecule has 2 aromatic rings. The van der Waals surface area contributed by atoms with Crippen molar-refractivity contribution in [2.24, 2.45) is 0 Å². The molecule has 12 heteroatoms. The number of rotatable bonds is 6. The van der Waals surface area contributed by atoms with Crippen LogP contribution in [0.15, 0.2) is 41.3 Å². The van der Waals surface area contributed by atoms with E-state index in [9.17, 15) is 32.5 Å². The van der Waals surface area contributed by atoms with Crippen LogP contribution in [0.1, 0.15) is 17.3 Å². The van der Waals surface area contributed by atoms with Gasteiger partial charge in [-0.05, 0) is 37.3 Å². The Labute approximate surface area is 169 Å². The summed E-state index contributed by atoms with van der Waals surface area (Å²) in [6.45, 7) is 1.24. The Hall–Kier alpha value is -3.05. The molecule has 0 aliphatic rings. The van der Waals surface area contributed by atoms with Gasteiger partial charge in [0, 0.05) is 12.3 Å². The molecule has 0 aliphatic carbocycles. The van der Waals surface area contributed by atoms with Crippen LogP contribution in [-0.4, -0.2) is 37.6 Å². The molecular formula is C17H14ClFN2O7S. The van der Waals surface area contributed by atoms with Gasteiger partial charge in [-0.25, -0.2) is 17.6 Å². The second kappa shape index (κ2) is 8.53. The second-order valence-electron chi connectivity index (χ2n) is 5.87. The van der Waals surface area contributed by atoms with E-state index in [4.69, 9.17) is 16.3 Å². The van der Waals surface area contributed by atoms with Crippen molar-refractivity contribution in [3.05, 3.63) is 62.9 Å². The van der Waals surface area contributed by atoms with Gasteiger partial charge in [-0.3, -0.25) is 14.9 Å². The number of carbonyl (C=O) groups is 2. The first kappa shape index (κ1) is 22.2. The van der Waals surface area contributed by atoms with Crippen LogP contribution in [0.4, 0.5) is 15.8 Å². The normalized spacial score (nSPS) is 12.1. The van der Waals surface area contributed by atoms with E-state index < -0.39 is 49.1 Å². The number of benzene rings is 2. The third-order valence-electron chi connectivity index (χ3n) is 3.63. The minimum Gasteiger partial charge on any atom is -0.449 e. The summed E-state index contributed by atoms with van der Waals surface area (Å²) in [4.78, 5) is 34.0. The molecule has 0 unspecified atom stereocenters. The molecule has 0 aliphatic heterocycles. The smallest absolute Gasteiger partial charge is 0.339 e. The van der Waals surface area contributed by atoms with Crippen LogP contribution < -0.4 is 5.32 Å². The van der Waals surface area contributed by atoms with Crippen molar-refractivity contribution in [3.8, 4) is 0 Å². The molecular weight excluding hydrogens is 431 g/mol. The lowest BCUT2D eigenvalue weighted by Crippen LogP contribution is -2.30. The van der Waals surface area contributed by atoms with E-state index >= 15 is 0 Å². The van der Waals surface area contributed by atoms with E-state index in [1.54, 1.807) is 0 Å². The van der Waals surface area contributed by atoms with Crippen LogP contribution >= 0.6 is 11.6 Å². The van der Waals surface area contributed by atoms with Gasteiger partial charge in [0.15, 0.2) is 15.9 Å². The summed E-state index contributed by atoms with van der Waals surface area (Å²) < 4.78 is 41.2. The lowest BCUT2D eigenvalue weighted by atomic mass is 10.2. The molecule has 0 saturated carbocycles. The molecule has 9 nitrogen and oxygen atoms in total. The van der Waals surface area contributed by atoms with Gasteiger partial charge in [-0.15, -0.1) is 0 Å². The average molecular weight is 445 g/mol. The maximum absolute atomic E-state index is 13.0. The van der Waals surface area contributed by atoms with Crippen molar-refractivity contribution in [2.75, 3.05) is 11.6 Å². The molecule has 2 rings (SSSR count). The Morgan fingerprint density at radius 1 is 1.24 bits per heavy atom. The third kappa shape index (κ3) is 5.48. The van der Waals surface area contributed by atoms with Crippen molar-refractivity contribution in [2.45, 2.75) is 17.9 Å². The van der Waals surface area contributed by atoms with E-state index in [-0.39, 0.29) is 16.3 Å². The average Bonchev–Trinajstić information content (AvgIpc) is 2.62. The van der Waals surface area contributed by atoms with Gasteiger partial charge in [-0.1, -0.05) is 11.6 Å². The minimum absolute atomic E-state index is 0.0659. The first-order valence-electron chi connectivity index (χ1n) is 7.85. The number of hydrogen-bond donors (Lipinski definition) is 1. The van der Waals surface area contributed by atoms with Crippen molar-refractivity contribution in [1.82, 2.24) is 0 Å². The zero-order chi connectivity index (χ0) is 21.9. The van der Waals surface area contributed by atoms with Crippen LogP contribution in [0.25, 0.3) is 0 Å². The maximum atomic E-state index is 13.0. The highest BCUT2D eigenvalue weighted by molar-refractivity contribution is 7.90. The predicted octanol–water partition coefficient (Wildman–Crippen LogP) is 2.97. The van der Waals surface area contributed by atoms with Crippen molar-refractivity contribution in [1.29, 1.82) is 0 Å². The van der Waals surface area contributed by atoms with Crippen LogP contribution in [0.5, 0.6) is 0 Å². The molecule has 29 heavy (non-hydrogen) atoms. The number of nitrogens with one attached hydrogen (secondary N) is 1. The lowest BCUT2D eigenvalue weighted by molar-refractivity contribution is -0.387. The van der Waals surface area contributed by atoms with E-state index in [1.807, 2.05) is 0 Å².